The van der Waals surface area contributed by atoms with Crippen LogP contribution >= 0.6 is 11.6 Å². The molecule has 0 saturated carbocycles. The van der Waals surface area contributed by atoms with Gasteiger partial charge in [0.05, 0.1) is 12.1 Å². The largest absolute Gasteiger partial charge is 0.396 e. The lowest BCUT2D eigenvalue weighted by atomic mass is 10.2. The molecule has 3 aromatic rings. The number of rotatable bonds is 6. The number of aliphatic hydroxyl groups is 1. The van der Waals surface area contributed by atoms with Gasteiger partial charge in [-0.1, -0.05) is 48.0 Å². The summed E-state index contributed by atoms with van der Waals surface area (Å²) in [7, 11) is 0. The van der Waals surface area contributed by atoms with Crippen LogP contribution in [0, 0.1) is 0 Å². The van der Waals surface area contributed by atoms with Crippen molar-refractivity contribution in [3.63, 3.8) is 0 Å². The van der Waals surface area contributed by atoms with Gasteiger partial charge >= 0.3 is 0 Å². The van der Waals surface area contributed by atoms with E-state index in [1.165, 1.54) is 0 Å². The summed E-state index contributed by atoms with van der Waals surface area (Å²) in [6.07, 6.45) is 0.518. The summed E-state index contributed by atoms with van der Waals surface area (Å²) in [6, 6.07) is 15.2. The first kappa shape index (κ1) is 16.5. The minimum absolute atomic E-state index is 0.0436. The first-order valence-corrected chi connectivity index (χ1v) is 8.16. The van der Waals surface area contributed by atoms with Gasteiger partial charge in [-0.05, 0) is 24.1 Å². The molecule has 2 N–H and O–H groups in total. The van der Waals surface area contributed by atoms with E-state index in [2.05, 4.69) is 10.4 Å². The Morgan fingerprint density at radius 1 is 1.17 bits per heavy atom. The highest BCUT2D eigenvalue weighted by Gasteiger charge is 2.17. The minimum Gasteiger partial charge on any atom is -0.396 e. The van der Waals surface area contributed by atoms with Crippen LogP contribution in [0.5, 0.6) is 0 Å². The van der Waals surface area contributed by atoms with Crippen molar-refractivity contribution >= 4 is 28.4 Å². The molecule has 5 nitrogen and oxygen atoms in total. The second-order valence-corrected chi connectivity index (χ2v) is 5.86. The van der Waals surface area contributed by atoms with Gasteiger partial charge < -0.3 is 10.4 Å². The van der Waals surface area contributed by atoms with Crippen LogP contribution in [-0.2, 0) is 6.54 Å². The molecule has 24 heavy (non-hydrogen) atoms. The average Bonchev–Trinajstić information content (AvgIpc) is 2.96. The number of halogens is 1. The summed E-state index contributed by atoms with van der Waals surface area (Å²) in [6.45, 7) is 0.952. The third-order valence-corrected chi connectivity index (χ3v) is 4.14. The molecule has 0 aliphatic carbocycles. The van der Waals surface area contributed by atoms with E-state index in [9.17, 15) is 4.79 Å². The smallest absolute Gasteiger partial charge is 0.272 e. The van der Waals surface area contributed by atoms with Gasteiger partial charge in [0.2, 0.25) is 0 Å². The zero-order valence-corrected chi connectivity index (χ0v) is 13.8. The van der Waals surface area contributed by atoms with Crippen molar-refractivity contribution in [1.29, 1.82) is 0 Å². The number of hydrogen-bond donors (Lipinski definition) is 2. The summed E-state index contributed by atoms with van der Waals surface area (Å²) in [4.78, 5) is 12.4. The second-order valence-electron chi connectivity index (χ2n) is 5.45. The number of aliphatic hydroxyl groups excluding tert-OH is 1. The van der Waals surface area contributed by atoms with Crippen molar-refractivity contribution in [2.75, 3.05) is 13.2 Å². The van der Waals surface area contributed by atoms with Crippen molar-refractivity contribution < 1.29 is 9.90 Å². The molecule has 0 saturated heterocycles. The van der Waals surface area contributed by atoms with E-state index in [0.717, 1.165) is 16.5 Å². The monoisotopic (exact) mass is 343 g/mol. The standard InChI is InChI=1S/C18H18ClN3O2/c19-15-8-3-1-6-13(15)12-22-16-9-4-2-7-14(16)17(21-22)18(24)20-10-5-11-23/h1-4,6-9,23H,5,10-12H2,(H,20,24). The van der Waals surface area contributed by atoms with Crippen LogP contribution in [0.4, 0.5) is 0 Å². The number of carbonyl (C=O) groups excluding carboxylic acids is 1. The third kappa shape index (κ3) is 3.42. The van der Waals surface area contributed by atoms with Crippen molar-refractivity contribution in [3.05, 3.63) is 64.8 Å². The van der Waals surface area contributed by atoms with Crippen LogP contribution in [0.15, 0.2) is 48.5 Å². The normalized spacial score (nSPS) is 10.9. The van der Waals surface area contributed by atoms with E-state index < -0.39 is 0 Å². The maximum absolute atomic E-state index is 12.4. The van der Waals surface area contributed by atoms with Crippen molar-refractivity contribution in [1.82, 2.24) is 15.1 Å². The van der Waals surface area contributed by atoms with Crippen LogP contribution in [0.25, 0.3) is 10.9 Å². The Morgan fingerprint density at radius 2 is 1.92 bits per heavy atom. The Hall–Kier alpha value is -2.37. The van der Waals surface area contributed by atoms with Crippen LogP contribution < -0.4 is 5.32 Å². The Kier molecular flexibility index (Phi) is 5.13. The number of para-hydroxylation sites is 1. The summed E-state index contributed by atoms with van der Waals surface area (Å²) in [5.41, 5.74) is 2.21. The van der Waals surface area contributed by atoms with Gasteiger partial charge in [-0.3, -0.25) is 9.48 Å². The van der Waals surface area contributed by atoms with Gasteiger partial charge in [0.25, 0.3) is 5.91 Å². The van der Waals surface area contributed by atoms with Crippen molar-refractivity contribution in [2.45, 2.75) is 13.0 Å². The van der Waals surface area contributed by atoms with Gasteiger partial charge in [0.15, 0.2) is 5.69 Å². The molecule has 0 atom stereocenters. The van der Waals surface area contributed by atoms with Crippen molar-refractivity contribution in [3.8, 4) is 0 Å². The molecule has 6 heteroatoms. The Balaban J connectivity index is 1.94. The molecule has 1 heterocycles. The molecule has 0 radical (unpaired) electrons. The van der Waals surface area contributed by atoms with Crippen LogP contribution in [0.1, 0.15) is 22.5 Å². The predicted molar refractivity (Wildman–Crippen MR) is 94.3 cm³/mol. The molecule has 124 valence electrons. The zero-order valence-electron chi connectivity index (χ0n) is 13.1. The van der Waals surface area contributed by atoms with Gasteiger partial charge in [-0.25, -0.2) is 0 Å². The lowest BCUT2D eigenvalue weighted by Crippen LogP contribution is -2.25. The Labute approximate surface area is 144 Å². The Bertz CT molecular complexity index is 860. The summed E-state index contributed by atoms with van der Waals surface area (Å²) >= 11 is 6.24. The topological polar surface area (TPSA) is 67.2 Å². The number of nitrogens with zero attached hydrogens (tertiary/aromatic N) is 2. The molecule has 0 unspecified atom stereocenters. The molecule has 3 rings (SSSR count). The molecule has 0 aliphatic heterocycles. The molecular formula is C18H18ClN3O2. The van der Waals surface area contributed by atoms with E-state index >= 15 is 0 Å². The lowest BCUT2D eigenvalue weighted by molar-refractivity contribution is 0.0947. The average molecular weight is 344 g/mol. The number of benzene rings is 2. The van der Waals surface area contributed by atoms with E-state index in [1.54, 1.807) is 4.68 Å². The fraction of sp³-hybridized carbons (Fsp3) is 0.222. The van der Waals surface area contributed by atoms with E-state index in [0.29, 0.717) is 30.2 Å². The molecule has 0 bridgehead atoms. The van der Waals surface area contributed by atoms with Gasteiger partial charge in [0, 0.05) is 23.6 Å². The first-order chi connectivity index (χ1) is 11.7. The zero-order chi connectivity index (χ0) is 16.9. The quantitative estimate of drug-likeness (QED) is 0.676. The molecule has 0 spiro atoms. The third-order valence-electron chi connectivity index (χ3n) is 3.77. The highest BCUT2D eigenvalue weighted by molar-refractivity contribution is 6.31. The van der Waals surface area contributed by atoms with E-state index in [-0.39, 0.29) is 12.5 Å². The van der Waals surface area contributed by atoms with Crippen LogP contribution in [-0.4, -0.2) is 33.9 Å². The number of amides is 1. The lowest BCUT2D eigenvalue weighted by Gasteiger charge is -2.05. The number of aromatic nitrogens is 2. The SMILES string of the molecule is O=C(NCCCO)c1nn(Cc2ccccc2Cl)c2ccccc12. The highest BCUT2D eigenvalue weighted by atomic mass is 35.5. The van der Waals surface area contributed by atoms with Crippen molar-refractivity contribution in [2.24, 2.45) is 0 Å². The number of fused-ring (bicyclic) bond motifs is 1. The Morgan fingerprint density at radius 3 is 2.71 bits per heavy atom. The highest BCUT2D eigenvalue weighted by Crippen LogP contribution is 2.22. The fourth-order valence-electron chi connectivity index (χ4n) is 2.57. The first-order valence-electron chi connectivity index (χ1n) is 7.78. The van der Waals surface area contributed by atoms with Gasteiger partial charge in [-0.2, -0.15) is 5.10 Å². The molecular weight excluding hydrogens is 326 g/mol. The fourth-order valence-corrected chi connectivity index (χ4v) is 2.76. The molecule has 0 aliphatic rings. The minimum atomic E-state index is -0.238. The van der Waals surface area contributed by atoms with Crippen LogP contribution in [0.3, 0.4) is 0 Å². The second kappa shape index (κ2) is 7.47. The number of hydrogen-bond acceptors (Lipinski definition) is 3. The molecule has 1 amide bonds. The van der Waals surface area contributed by atoms with E-state index in [1.807, 2.05) is 48.5 Å². The maximum atomic E-state index is 12.4. The predicted octanol–water partition coefficient (Wildman–Crippen LogP) is 2.85. The summed E-state index contributed by atoms with van der Waals surface area (Å²) in [5.74, 6) is -0.238. The van der Waals surface area contributed by atoms with Gasteiger partial charge in [0.1, 0.15) is 0 Å². The summed E-state index contributed by atoms with van der Waals surface area (Å²) < 4.78 is 1.79. The molecule has 0 fully saturated rings. The van der Waals surface area contributed by atoms with Gasteiger partial charge in [-0.15, -0.1) is 0 Å². The molecule has 1 aromatic heterocycles. The summed E-state index contributed by atoms with van der Waals surface area (Å²) in [5, 5.41) is 17.6. The maximum Gasteiger partial charge on any atom is 0.272 e. The van der Waals surface area contributed by atoms with E-state index in [4.69, 9.17) is 16.7 Å². The van der Waals surface area contributed by atoms with Crippen LogP contribution in [0.2, 0.25) is 5.02 Å². The number of carbonyl (C=O) groups is 1. The number of nitrogens with one attached hydrogen (secondary N) is 1. The molecule has 2 aromatic carbocycles.